The largest absolute Gasteiger partial charge is 0.396 e. The summed E-state index contributed by atoms with van der Waals surface area (Å²) in [5.74, 6) is 0. The fourth-order valence-corrected chi connectivity index (χ4v) is 11.3. The molecule has 7 aromatic rings. The Hall–Kier alpha value is -5.65. The van der Waals surface area contributed by atoms with Gasteiger partial charge in [0.2, 0.25) is 0 Å². The summed E-state index contributed by atoms with van der Waals surface area (Å²) in [5.41, 5.74) is 22.8. The molecule has 5 heterocycles. The fourth-order valence-electron chi connectivity index (χ4n) is 7.20. The van der Waals surface area contributed by atoms with E-state index in [1.165, 1.54) is 21.5 Å². The zero-order chi connectivity index (χ0) is 30.8. The van der Waals surface area contributed by atoms with E-state index in [1.54, 1.807) is 0 Å². The van der Waals surface area contributed by atoms with Gasteiger partial charge in [-0.05, 0) is 51.7 Å². The second kappa shape index (κ2) is 10.2. The fraction of sp³-hybridized carbons (Fsp3) is 0.0488. The molecule has 46 heavy (non-hydrogen) atoms. The van der Waals surface area contributed by atoms with E-state index in [1.807, 2.05) is 12.3 Å². The zero-order valence-electron chi connectivity index (χ0n) is 25.4. The highest BCUT2D eigenvalue weighted by atomic mass is 28.3. The molecule has 2 N–H and O–H groups in total. The third-order valence-corrected chi connectivity index (χ3v) is 13.6. The van der Waals surface area contributed by atoms with Gasteiger partial charge in [0, 0.05) is 33.5 Å². The van der Waals surface area contributed by atoms with Crippen molar-refractivity contribution < 1.29 is 0 Å². The van der Waals surface area contributed by atoms with Crippen molar-refractivity contribution >= 4 is 62.9 Å². The summed E-state index contributed by atoms with van der Waals surface area (Å²) >= 11 is 0. The predicted octanol–water partition coefficient (Wildman–Crippen LogP) is 8.42. The molecule has 9 rings (SSSR count). The number of nitrogens with zero attached hydrogens (tertiary/aromatic N) is 3. The number of rotatable bonds is 4. The van der Waals surface area contributed by atoms with E-state index < -0.39 is 8.07 Å². The third-order valence-electron chi connectivity index (χ3n) is 9.54. The molecule has 3 aromatic heterocycles. The lowest BCUT2D eigenvalue weighted by Crippen LogP contribution is -2.51. The molecule has 2 aliphatic rings. The maximum Gasteiger partial charge on any atom is 0.166 e. The Morgan fingerprint density at radius 2 is 1.24 bits per heavy atom. The Bertz CT molecular complexity index is 2480. The second-order valence-corrected chi connectivity index (χ2v) is 15.6. The Morgan fingerprint density at radius 1 is 0.652 bits per heavy atom. The number of hydrogen-bond donors (Lipinski definition) is 1. The first kappa shape index (κ1) is 26.7. The van der Waals surface area contributed by atoms with Crippen LogP contribution in [0.15, 0.2) is 133 Å². The Morgan fingerprint density at radius 3 is 1.91 bits per heavy atom. The molecule has 0 amide bonds. The van der Waals surface area contributed by atoms with Crippen LogP contribution in [0, 0.1) is 0 Å². The number of nitrogens with two attached hydrogens (primary N) is 1. The van der Waals surface area contributed by atoms with Gasteiger partial charge in [0.25, 0.3) is 0 Å². The van der Waals surface area contributed by atoms with Crippen molar-refractivity contribution in [2.45, 2.75) is 13.3 Å². The van der Waals surface area contributed by atoms with Crippen molar-refractivity contribution in [2.24, 2.45) is 0 Å². The van der Waals surface area contributed by atoms with Gasteiger partial charge in [-0.15, -0.1) is 0 Å². The third kappa shape index (κ3) is 3.95. The van der Waals surface area contributed by atoms with Crippen molar-refractivity contribution in [3.63, 3.8) is 0 Å². The molecule has 0 fully saturated rings. The van der Waals surface area contributed by atoms with Gasteiger partial charge >= 0.3 is 0 Å². The molecule has 0 saturated carbocycles. The van der Waals surface area contributed by atoms with Crippen LogP contribution in [0.1, 0.15) is 18.9 Å². The van der Waals surface area contributed by atoms with Gasteiger partial charge in [-0.25, -0.2) is 9.97 Å². The first-order valence-electron chi connectivity index (χ1n) is 15.8. The minimum atomic E-state index is -2.29. The first-order chi connectivity index (χ1) is 22.6. The number of fused-ring (bicyclic) bond motifs is 9. The highest BCUT2D eigenvalue weighted by Crippen LogP contribution is 2.36. The minimum Gasteiger partial charge on any atom is -0.396 e. The van der Waals surface area contributed by atoms with E-state index in [0.29, 0.717) is 0 Å². The summed E-state index contributed by atoms with van der Waals surface area (Å²) in [6, 6.07) is 34.8. The lowest BCUT2D eigenvalue weighted by Gasteiger charge is -2.21. The van der Waals surface area contributed by atoms with Gasteiger partial charge in [-0.2, -0.15) is 0 Å². The zero-order valence-corrected chi connectivity index (χ0v) is 26.4. The SMILES string of the molecule is CC/C=C\c1ccc2ccc(-c3ccc4c(c3)[Si]3(C=CC=C3)c3cc(-c5ccc6ccc7cccnc7c6n5)ccc3-4)nc2c1N. The van der Waals surface area contributed by atoms with Crippen LogP contribution in [0.4, 0.5) is 5.69 Å². The van der Waals surface area contributed by atoms with Crippen molar-refractivity contribution in [1.82, 2.24) is 15.0 Å². The Balaban J connectivity index is 1.16. The summed E-state index contributed by atoms with van der Waals surface area (Å²) < 4.78 is 0. The van der Waals surface area contributed by atoms with Crippen LogP contribution in [0.25, 0.3) is 72.4 Å². The molecule has 0 saturated heterocycles. The molecule has 5 heteroatoms. The maximum atomic E-state index is 6.64. The Labute approximate surface area is 268 Å². The van der Waals surface area contributed by atoms with E-state index in [9.17, 15) is 0 Å². The van der Waals surface area contributed by atoms with Crippen LogP contribution >= 0.6 is 0 Å². The summed E-state index contributed by atoms with van der Waals surface area (Å²) in [4.78, 5) is 14.9. The standard InChI is InChI=1S/C41H30N4Si/c1-2-3-7-26-9-10-28-15-19-34(44-39(28)38(26)42)30-13-17-32-33-18-14-31(25-37(33)46(36(32)24-30)22-4-5-23-46)35-20-16-29-12-11-27-8-6-21-43-40(27)41(29)45-35/h3-25H,2,42H2,1H3/b7-3-. The average molecular weight is 607 g/mol. The van der Waals surface area contributed by atoms with Crippen molar-refractivity contribution in [3.8, 4) is 33.6 Å². The molecule has 4 aromatic carbocycles. The van der Waals surface area contributed by atoms with Crippen LogP contribution in [0.2, 0.25) is 0 Å². The monoisotopic (exact) mass is 606 g/mol. The number of hydrogen-bond acceptors (Lipinski definition) is 4. The summed E-state index contributed by atoms with van der Waals surface area (Å²) in [6.07, 6.45) is 11.5. The van der Waals surface area contributed by atoms with E-state index in [-0.39, 0.29) is 0 Å². The number of pyridine rings is 3. The number of anilines is 1. The maximum absolute atomic E-state index is 6.64. The highest BCUT2D eigenvalue weighted by Gasteiger charge is 2.43. The van der Waals surface area contributed by atoms with E-state index in [0.717, 1.165) is 72.9 Å². The molecule has 0 atom stereocenters. The predicted molar refractivity (Wildman–Crippen MR) is 196 cm³/mol. The van der Waals surface area contributed by atoms with Crippen LogP contribution in [-0.4, -0.2) is 23.0 Å². The normalized spacial score (nSPS) is 14.3. The van der Waals surface area contributed by atoms with Crippen molar-refractivity contribution in [1.29, 1.82) is 0 Å². The smallest absolute Gasteiger partial charge is 0.166 e. The van der Waals surface area contributed by atoms with E-state index >= 15 is 0 Å². The number of nitrogen functional groups attached to an aromatic ring is 1. The molecular weight excluding hydrogens is 577 g/mol. The number of allylic oxidation sites excluding steroid dienone is 3. The molecule has 4 nitrogen and oxygen atoms in total. The topological polar surface area (TPSA) is 64.7 Å². The van der Waals surface area contributed by atoms with E-state index in [2.05, 4.69) is 139 Å². The lowest BCUT2D eigenvalue weighted by atomic mass is 10.00. The van der Waals surface area contributed by atoms with Gasteiger partial charge in [0.05, 0.1) is 33.6 Å². The first-order valence-corrected chi connectivity index (χ1v) is 18.0. The molecule has 0 radical (unpaired) electrons. The summed E-state index contributed by atoms with van der Waals surface area (Å²) in [6.45, 7) is 2.13. The van der Waals surface area contributed by atoms with Gasteiger partial charge in [0.1, 0.15) is 0 Å². The van der Waals surface area contributed by atoms with Crippen LogP contribution < -0.4 is 16.1 Å². The van der Waals surface area contributed by atoms with Crippen LogP contribution in [-0.2, 0) is 0 Å². The molecule has 218 valence electrons. The quantitative estimate of drug-likeness (QED) is 0.124. The molecule has 0 bridgehead atoms. The van der Waals surface area contributed by atoms with Crippen molar-refractivity contribution in [2.75, 3.05) is 5.73 Å². The molecule has 0 aliphatic carbocycles. The van der Waals surface area contributed by atoms with Crippen LogP contribution in [0.5, 0.6) is 0 Å². The molecule has 0 unspecified atom stereocenters. The average Bonchev–Trinajstić information content (AvgIpc) is 3.71. The molecular formula is C41H30N4Si. The highest BCUT2D eigenvalue weighted by molar-refractivity contribution is 7.12. The van der Waals surface area contributed by atoms with Crippen LogP contribution in [0.3, 0.4) is 0 Å². The molecule has 2 aliphatic heterocycles. The van der Waals surface area contributed by atoms with Gasteiger partial charge in [-0.1, -0.05) is 121 Å². The second-order valence-electron chi connectivity index (χ2n) is 12.2. The minimum absolute atomic E-state index is 0.726. The van der Waals surface area contributed by atoms with Gasteiger partial charge in [-0.3, -0.25) is 4.98 Å². The van der Waals surface area contributed by atoms with E-state index in [4.69, 9.17) is 15.7 Å². The van der Waals surface area contributed by atoms with Crippen molar-refractivity contribution in [3.05, 3.63) is 138 Å². The summed E-state index contributed by atoms with van der Waals surface area (Å²) in [5, 5.41) is 6.06. The summed E-state index contributed by atoms with van der Waals surface area (Å²) in [7, 11) is -2.29. The van der Waals surface area contributed by atoms with Gasteiger partial charge < -0.3 is 5.73 Å². The molecule has 1 spiro atoms. The lowest BCUT2D eigenvalue weighted by molar-refractivity contribution is 1.23. The number of aromatic nitrogens is 3. The Kier molecular flexibility index (Phi) is 5.92. The number of benzene rings is 4. The van der Waals surface area contributed by atoms with Gasteiger partial charge in [0.15, 0.2) is 8.07 Å².